The molecule has 1 aromatic rings. The van der Waals surface area contributed by atoms with Gasteiger partial charge < -0.3 is 20.5 Å². The van der Waals surface area contributed by atoms with Crippen LogP contribution in [0.3, 0.4) is 0 Å². The van der Waals surface area contributed by atoms with E-state index in [1.807, 2.05) is 19.1 Å². The Hall–Kier alpha value is -1.59. The van der Waals surface area contributed by atoms with Crippen LogP contribution in [0.4, 0.5) is 0 Å². The molecule has 1 aliphatic heterocycles. The Labute approximate surface area is 119 Å². The van der Waals surface area contributed by atoms with Gasteiger partial charge in [-0.05, 0) is 37.5 Å². The van der Waals surface area contributed by atoms with Gasteiger partial charge in [-0.15, -0.1) is 0 Å². The van der Waals surface area contributed by atoms with E-state index in [9.17, 15) is 9.90 Å². The first-order valence-corrected chi connectivity index (χ1v) is 7.04. The summed E-state index contributed by atoms with van der Waals surface area (Å²) < 4.78 is 5.28. The average molecular weight is 278 g/mol. The van der Waals surface area contributed by atoms with E-state index in [1.165, 1.54) is 0 Å². The molecular formula is C15H22N2O3. The van der Waals surface area contributed by atoms with E-state index in [2.05, 4.69) is 10.6 Å². The fraction of sp³-hybridized carbons (Fsp3) is 0.533. The molecule has 0 saturated carbocycles. The number of rotatable bonds is 5. The third-order valence-electron chi connectivity index (χ3n) is 3.43. The molecule has 110 valence electrons. The number of hydrogen-bond donors (Lipinski definition) is 3. The van der Waals surface area contributed by atoms with Gasteiger partial charge >= 0.3 is 0 Å². The van der Waals surface area contributed by atoms with Gasteiger partial charge in [-0.2, -0.15) is 0 Å². The summed E-state index contributed by atoms with van der Waals surface area (Å²) >= 11 is 0. The smallest absolute Gasteiger partial charge is 0.239 e. The number of aryl methyl sites for hydroxylation is 1. The van der Waals surface area contributed by atoms with Gasteiger partial charge in [-0.3, -0.25) is 4.79 Å². The summed E-state index contributed by atoms with van der Waals surface area (Å²) in [6, 6.07) is 7.05. The molecule has 0 radical (unpaired) electrons. The lowest BCUT2D eigenvalue weighted by atomic mass is 10.1. The van der Waals surface area contributed by atoms with Gasteiger partial charge in [0.2, 0.25) is 5.91 Å². The molecule has 1 saturated heterocycles. The Kier molecular flexibility index (Phi) is 5.38. The molecule has 0 bridgehead atoms. The minimum atomic E-state index is -0.236. The van der Waals surface area contributed by atoms with Gasteiger partial charge in [0.1, 0.15) is 11.8 Å². The van der Waals surface area contributed by atoms with E-state index in [4.69, 9.17) is 4.74 Å². The van der Waals surface area contributed by atoms with Gasteiger partial charge in [0.25, 0.3) is 0 Å². The highest BCUT2D eigenvalue weighted by Crippen LogP contribution is 2.12. The molecular weight excluding hydrogens is 256 g/mol. The molecule has 1 aliphatic rings. The third kappa shape index (κ3) is 4.51. The third-order valence-corrected chi connectivity index (χ3v) is 3.43. The molecule has 1 fully saturated rings. The number of ether oxygens (including phenoxy) is 1. The van der Waals surface area contributed by atoms with Crippen LogP contribution in [0.15, 0.2) is 24.3 Å². The Morgan fingerprint density at radius 2 is 2.25 bits per heavy atom. The lowest BCUT2D eigenvalue weighted by molar-refractivity contribution is -0.126. The molecule has 0 spiro atoms. The second-order valence-corrected chi connectivity index (χ2v) is 5.20. The van der Waals surface area contributed by atoms with Crippen molar-refractivity contribution in [3.8, 4) is 5.75 Å². The van der Waals surface area contributed by atoms with Gasteiger partial charge in [0, 0.05) is 12.6 Å². The summed E-state index contributed by atoms with van der Waals surface area (Å²) in [5.41, 5.74) is 1.16. The first kappa shape index (κ1) is 14.8. The van der Waals surface area contributed by atoms with Crippen molar-refractivity contribution >= 4 is 5.91 Å². The first-order valence-electron chi connectivity index (χ1n) is 7.04. The summed E-state index contributed by atoms with van der Waals surface area (Å²) in [5, 5.41) is 15.4. The van der Waals surface area contributed by atoms with Gasteiger partial charge in [0.05, 0.1) is 13.2 Å². The average Bonchev–Trinajstić information content (AvgIpc) is 2.47. The molecule has 1 heterocycles. The summed E-state index contributed by atoms with van der Waals surface area (Å²) in [7, 11) is 0. The second kappa shape index (κ2) is 7.26. The number of carbonyl (C=O) groups excluding carboxylic acids is 1. The minimum absolute atomic E-state index is 0.00269. The zero-order chi connectivity index (χ0) is 14.4. The fourth-order valence-electron chi connectivity index (χ4n) is 2.20. The van der Waals surface area contributed by atoms with Crippen LogP contribution in [-0.4, -0.2) is 42.9 Å². The van der Waals surface area contributed by atoms with Crippen LogP contribution in [-0.2, 0) is 16.0 Å². The number of morpholine rings is 1. The molecule has 2 unspecified atom stereocenters. The van der Waals surface area contributed by atoms with Crippen molar-refractivity contribution in [3.63, 3.8) is 0 Å². The van der Waals surface area contributed by atoms with E-state index in [0.29, 0.717) is 13.2 Å². The zero-order valence-corrected chi connectivity index (χ0v) is 11.8. The number of phenols is 1. The van der Waals surface area contributed by atoms with Crippen molar-refractivity contribution in [3.05, 3.63) is 29.8 Å². The van der Waals surface area contributed by atoms with Crippen molar-refractivity contribution in [1.29, 1.82) is 0 Å². The maximum Gasteiger partial charge on any atom is 0.239 e. The van der Waals surface area contributed by atoms with Crippen LogP contribution in [0.2, 0.25) is 0 Å². The normalized spacial score (nSPS) is 20.4. The Morgan fingerprint density at radius 3 is 2.90 bits per heavy atom. The summed E-state index contributed by atoms with van der Waals surface area (Å²) in [6.45, 7) is 3.83. The molecule has 1 amide bonds. The first-order chi connectivity index (χ1) is 9.65. The number of phenolic OH excluding ortho intramolecular Hbond substituents is 1. The number of nitrogens with one attached hydrogen (secondary N) is 2. The van der Waals surface area contributed by atoms with Crippen LogP contribution in [0.5, 0.6) is 5.75 Å². The molecule has 0 aromatic heterocycles. The van der Waals surface area contributed by atoms with Crippen LogP contribution < -0.4 is 10.6 Å². The highest BCUT2D eigenvalue weighted by atomic mass is 16.5. The summed E-state index contributed by atoms with van der Waals surface area (Å²) in [6.07, 6.45) is 1.74. The number of aromatic hydroxyl groups is 1. The van der Waals surface area contributed by atoms with Crippen molar-refractivity contribution in [2.75, 3.05) is 19.8 Å². The highest BCUT2D eigenvalue weighted by Gasteiger charge is 2.22. The van der Waals surface area contributed by atoms with E-state index in [-0.39, 0.29) is 23.7 Å². The molecule has 1 aromatic carbocycles. The number of benzene rings is 1. The van der Waals surface area contributed by atoms with Crippen molar-refractivity contribution in [2.45, 2.75) is 31.8 Å². The van der Waals surface area contributed by atoms with Gasteiger partial charge in [-0.1, -0.05) is 12.1 Å². The predicted octanol–water partition coefficient (Wildman–Crippen LogP) is 0.818. The van der Waals surface area contributed by atoms with E-state index in [1.54, 1.807) is 12.1 Å². The molecule has 20 heavy (non-hydrogen) atoms. The predicted molar refractivity (Wildman–Crippen MR) is 76.6 cm³/mol. The second-order valence-electron chi connectivity index (χ2n) is 5.20. The number of hydrogen-bond acceptors (Lipinski definition) is 4. The quantitative estimate of drug-likeness (QED) is 0.746. The van der Waals surface area contributed by atoms with Crippen LogP contribution in [0.1, 0.15) is 18.9 Å². The van der Waals surface area contributed by atoms with Gasteiger partial charge in [-0.25, -0.2) is 0 Å². The molecule has 2 rings (SSSR count). The molecule has 5 nitrogen and oxygen atoms in total. The van der Waals surface area contributed by atoms with Crippen molar-refractivity contribution in [2.24, 2.45) is 0 Å². The maximum absolute atomic E-state index is 12.0. The Bertz CT molecular complexity index is 427. The molecule has 3 N–H and O–H groups in total. The van der Waals surface area contributed by atoms with E-state index in [0.717, 1.165) is 24.9 Å². The lowest BCUT2D eigenvalue weighted by Gasteiger charge is -2.24. The van der Waals surface area contributed by atoms with E-state index < -0.39 is 0 Å². The number of carbonyl (C=O) groups is 1. The monoisotopic (exact) mass is 278 g/mol. The minimum Gasteiger partial charge on any atom is -0.508 e. The van der Waals surface area contributed by atoms with Gasteiger partial charge in [0.15, 0.2) is 0 Å². The number of amides is 1. The van der Waals surface area contributed by atoms with Crippen molar-refractivity contribution in [1.82, 2.24) is 10.6 Å². The van der Waals surface area contributed by atoms with Crippen molar-refractivity contribution < 1.29 is 14.6 Å². The lowest BCUT2D eigenvalue weighted by Crippen LogP contribution is -2.52. The van der Waals surface area contributed by atoms with Crippen LogP contribution >= 0.6 is 0 Å². The molecule has 0 aliphatic carbocycles. The molecule has 2 atom stereocenters. The van der Waals surface area contributed by atoms with Crippen LogP contribution in [0.25, 0.3) is 0 Å². The summed E-state index contributed by atoms with van der Waals surface area (Å²) in [5.74, 6) is 0.279. The summed E-state index contributed by atoms with van der Waals surface area (Å²) in [4.78, 5) is 12.0. The highest BCUT2D eigenvalue weighted by molar-refractivity contribution is 5.82. The zero-order valence-electron chi connectivity index (χ0n) is 11.8. The SMILES string of the molecule is CC(CCc1ccc(O)cc1)NC(=O)C1COCCN1. The topological polar surface area (TPSA) is 70.6 Å². The van der Waals surface area contributed by atoms with E-state index >= 15 is 0 Å². The van der Waals surface area contributed by atoms with Crippen LogP contribution in [0, 0.1) is 0 Å². The standard InChI is InChI=1S/C15H22N2O3/c1-11(2-3-12-4-6-13(18)7-5-12)17-15(19)14-10-20-9-8-16-14/h4-7,11,14,16,18H,2-3,8-10H2,1H3,(H,17,19). The largest absolute Gasteiger partial charge is 0.508 e. The Morgan fingerprint density at radius 1 is 1.50 bits per heavy atom. The fourth-order valence-corrected chi connectivity index (χ4v) is 2.20. The Balaban J connectivity index is 1.73. The maximum atomic E-state index is 12.0. The molecule has 5 heteroatoms.